The fourth-order valence-electron chi connectivity index (χ4n) is 1.28. The van der Waals surface area contributed by atoms with E-state index in [1.54, 1.807) is 6.92 Å². The van der Waals surface area contributed by atoms with Crippen LogP contribution in [-0.4, -0.2) is 25.4 Å². The van der Waals surface area contributed by atoms with Gasteiger partial charge >= 0.3 is 12.1 Å². The second-order valence-electron chi connectivity index (χ2n) is 3.69. The van der Waals surface area contributed by atoms with Crippen molar-refractivity contribution in [1.29, 1.82) is 0 Å². The monoisotopic (exact) mass is 277 g/mol. The Labute approximate surface area is 108 Å². The maximum atomic E-state index is 12.0. The van der Waals surface area contributed by atoms with Crippen LogP contribution in [0, 0.1) is 0 Å². The first-order valence-electron chi connectivity index (χ1n) is 5.59. The summed E-state index contributed by atoms with van der Waals surface area (Å²) in [4.78, 5) is 11.4. The molecule has 0 aliphatic carbocycles. The average Bonchev–Trinajstić information content (AvgIpc) is 2.30. The van der Waals surface area contributed by atoms with Crippen LogP contribution in [0.25, 0.3) is 0 Å². The molecule has 0 bridgehead atoms. The number of ether oxygens (including phenoxy) is 2. The molecule has 106 valence electrons. The third-order valence-electron chi connectivity index (χ3n) is 2.17. The fraction of sp³-hybridized carbons (Fsp3) is 0.417. The van der Waals surface area contributed by atoms with E-state index in [0.717, 1.165) is 0 Å². The summed E-state index contributed by atoms with van der Waals surface area (Å²) in [6, 6.07) is 4.07. The van der Waals surface area contributed by atoms with Crippen LogP contribution in [0.3, 0.4) is 0 Å². The summed E-state index contributed by atoms with van der Waals surface area (Å²) in [6.07, 6.45) is -5.39. The molecule has 4 nitrogen and oxygen atoms in total. The van der Waals surface area contributed by atoms with Crippen molar-refractivity contribution in [3.05, 3.63) is 23.8 Å². The molecule has 0 unspecified atom stereocenters. The lowest BCUT2D eigenvalue weighted by Gasteiger charge is -2.11. The van der Waals surface area contributed by atoms with Crippen LogP contribution in [0.5, 0.6) is 5.75 Å². The highest BCUT2D eigenvalue weighted by Gasteiger charge is 2.27. The Balaban J connectivity index is 2.72. The van der Waals surface area contributed by atoms with Crippen molar-refractivity contribution in [1.82, 2.24) is 0 Å². The molecule has 0 saturated carbocycles. The van der Waals surface area contributed by atoms with Crippen LogP contribution in [0.1, 0.15) is 23.7 Å². The van der Waals surface area contributed by atoms with Gasteiger partial charge in [-0.05, 0) is 25.1 Å². The molecule has 2 N–H and O–H groups in total. The molecule has 0 spiro atoms. The third-order valence-corrected chi connectivity index (χ3v) is 2.17. The van der Waals surface area contributed by atoms with Crippen molar-refractivity contribution in [2.45, 2.75) is 19.5 Å². The molecule has 0 aromatic heterocycles. The van der Waals surface area contributed by atoms with Crippen LogP contribution in [0.4, 0.5) is 18.9 Å². The van der Waals surface area contributed by atoms with Gasteiger partial charge in [-0.25, -0.2) is 4.79 Å². The van der Waals surface area contributed by atoms with E-state index in [1.165, 1.54) is 18.2 Å². The number of rotatable bonds is 5. The van der Waals surface area contributed by atoms with Crippen LogP contribution in [-0.2, 0) is 4.74 Å². The highest BCUT2D eigenvalue weighted by atomic mass is 19.4. The van der Waals surface area contributed by atoms with Crippen molar-refractivity contribution < 1.29 is 27.4 Å². The topological polar surface area (TPSA) is 61.5 Å². The normalized spacial score (nSPS) is 11.2. The Hall–Kier alpha value is -1.92. The minimum Gasteiger partial charge on any atom is -0.491 e. The Morgan fingerprint density at radius 3 is 2.63 bits per heavy atom. The second-order valence-corrected chi connectivity index (χ2v) is 3.69. The van der Waals surface area contributed by atoms with Gasteiger partial charge < -0.3 is 15.2 Å². The summed E-state index contributed by atoms with van der Waals surface area (Å²) < 4.78 is 45.6. The van der Waals surface area contributed by atoms with Crippen LogP contribution < -0.4 is 10.5 Å². The lowest BCUT2D eigenvalue weighted by atomic mass is 10.2. The average molecular weight is 277 g/mol. The smallest absolute Gasteiger partial charge is 0.392 e. The lowest BCUT2D eigenvalue weighted by Crippen LogP contribution is -2.14. The molecule has 7 heteroatoms. The van der Waals surface area contributed by atoms with Gasteiger partial charge in [-0.15, -0.1) is 0 Å². The Morgan fingerprint density at radius 2 is 2.05 bits per heavy atom. The van der Waals surface area contributed by atoms with E-state index in [-0.39, 0.29) is 23.6 Å². The van der Waals surface area contributed by atoms with Crippen molar-refractivity contribution in [2.24, 2.45) is 0 Å². The van der Waals surface area contributed by atoms with E-state index in [2.05, 4.69) is 0 Å². The van der Waals surface area contributed by atoms with E-state index in [9.17, 15) is 18.0 Å². The van der Waals surface area contributed by atoms with E-state index in [1.807, 2.05) is 0 Å². The fourth-order valence-corrected chi connectivity index (χ4v) is 1.28. The maximum Gasteiger partial charge on any atom is 0.392 e. The Bertz CT molecular complexity index is 446. The second kappa shape index (κ2) is 6.31. The van der Waals surface area contributed by atoms with Crippen LogP contribution >= 0.6 is 0 Å². The molecular weight excluding hydrogens is 263 g/mol. The third kappa shape index (κ3) is 5.07. The maximum absolute atomic E-state index is 12.0. The number of anilines is 1. The number of carbonyl (C=O) groups is 1. The first kappa shape index (κ1) is 15.1. The highest BCUT2D eigenvalue weighted by molar-refractivity contribution is 5.90. The van der Waals surface area contributed by atoms with Gasteiger partial charge in [-0.3, -0.25) is 0 Å². The standard InChI is InChI=1S/C12H14F3NO3/c1-2-18-11(17)8-3-4-9(16)10(7-8)19-6-5-12(13,14)15/h3-4,7H,2,5-6,16H2,1H3. The quantitative estimate of drug-likeness (QED) is 0.664. The molecule has 0 atom stereocenters. The van der Waals surface area contributed by atoms with Crippen molar-refractivity contribution in [2.75, 3.05) is 18.9 Å². The molecule has 0 amide bonds. The van der Waals surface area contributed by atoms with Gasteiger partial charge in [0.1, 0.15) is 5.75 Å². The molecule has 0 fully saturated rings. The number of hydrogen-bond donors (Lipinski definition) is 1. The first-order chi connectivity index (χ1) is 8.83. The minimum atomic E-state index is -4.30. The zero-order chi connectivity index (χ0) is 14.5. The zero-order valence-electron chi connectivity index (χ0n) is 10.3. The largest absolute Gasteiger partial charge is 0.491 e. The van der Waals surface area contributed by atoms with Gasteiger partial charge in [0.2, 0.25) is 0 Å². The van der Waals surface area contributed by atoms with Crippen LogP contribution in [0.2, 0.25) is 0 Å². The number of carbonyl (C=O) groups excluding carboxylic acids is 1. The Morgan fingerprint density at radius 1 is 1.37 bits per heavy atom. The Kier molecular flexibility index (Phi) is 5.02. The summed E-state index contributed by atoms with van der Waals surface area (Å²) in [7, 11) is 0. The summed E-state index contributed by atoms with van der Waals surface area (Å²) in [5.74, 6) is -0.544. The number of benzene rings is 1. The van der Waals surface area contributed by atoms with Crippen LogP contribution in [0.15, 0.2) is 18.2 Å². The van der Waals surface area contributed by atoms with E-state index >= 15 is 0 Å². The predicted octanol–water partition coefficient (Wildman–Crippen LogP) is 2.78. The highest BCUT2D eigenvalue weighted by Crippen LogP contribution is 2.25. The number of esters is 1. The summed E-state index contributed by atoms with van der Waals surface area (Å²) >= 11 is 0. The molecule has 1 aromatic rings. The number of hydrogen-bond acceptors (Lipinski definition) is 4. The molecule has 1 aromatic carbocycles. The zero-order valence-corrected chi connectivity index (χ0v) is 10.3. The minimum absolute atomic E-state index is 0.0369. The van der Waals surface area contributed by atoms with Gasteiger partial charge in [-0.2, -0.15) is 13.2 Å². The van der Waals surface area contributed by atoms with Gasteiger partial charge in [0.25, 0.3) is 0 Å². The SMILES string of the molecule is CCOC(=O)c1ccc(N)c(OCCC(F)(F)F)c1. The van der Waals surface area contributed by atoms with Gasteiger partial charge in [-0.1, -0.05) is 0 Å². The molecule has 0 aliphatic rings. The summed E-state index contributed by atoms with van der Waals surface area (Å²) in [5, 5.41) is 0. The number of halogens is 3. The molecule has 0 saturated heterocycles. The molecule has 0 aliphatic heterocycles. The molecule has 0 radical (unpaired) electrons. The molecule has 1 rings (SSSR count). The first-order valence-corrected chi connectivity index (χ1v) is 5.59. The van der Waals surface area contributed by atoms with Crippen molar-refractivity contribution in [3.8, 4) is 5.75 Å². The van der Waals surface area contributed by atoms with Gasteiger partial charge in [0.15, 0.2) is 0 Å². The molecule has 0 heterocycles. The number of nitrogen functional groups attached to an aromatic ring is 1. The van der Waals surface area contributed by atoms with Crippen molar-refractivity contribution >= 4 is 11.7 Å². The number of nitrogens with two attached hydrogens (primary N) is 1. The molecule has 19 heavy (non-hydrogen) atoms. The van der Waals surface area contributed by atoms with Gasteiger partial charge in [0.05, 0.1) is 30.9 Å². The van der Waals surface area contributed by atoms with Crippen molar-refractivity contribution in [3.63, 3.8) is 0 Å². The van der Waals surface area contributed by atoms with E-state index in [4.69, 9.17) is 15.2 Å². The lowest BCUT2D eigenvalue weighted by molar-refractivity contribution is -0.139. The van der Waals surface area contributed by atoms with E-state index < -0.39 is 25.2 Å². The number of alkyl halides is 3. The summed E-state index contributed by atoms with van der Waals surface area (Å²) in [5.41, 5.74) is 5.90. The van der Waals surface area contributed by atoms with Gasteiger partial charge in [0, 0.05) is 0 Å². The predicted molar refractivity (Wildman–Crippen MR) is 63.0 cm³/mol. The summed E-state index contributed by atoms with van der Waals surface area (Å²) in [6.45, 7) is 1.30. The molecular formula is C12H14F3NO3. The van der Waals surface area contributed by atoms with E-state index in [0.29, 0.717) is 0 Å².